The highest BCUT2D eigenvalue weighted by Gasteiger charge is 2.52. The maximum Gasteiger partial charge on any atom is 0.495 e. The van der Waals surface area contributed by atoms with E-state index in [1.165, 1.54) is 5.39 Å². The summed E-state index contributed by atoms with van der Waals surface area (Å²) in [6.07, 6.45) is 0. The molecule has 0 N–H and O–H groups in total. The smallest absolute Gasteiger partial charge is 0.495 e. The second-order valence-electron chi connectivity index (χ2n) is 6.98. The van der Waals surface area contributed by atoms with Gasteiger partial charge in [0.05, 0.1) is 18.3 Å². The number of hydrogen-bond donors (Lipinski definition) is 0. The van der Waals surface area contributed by atoms with Gasteiger partial charge in [0.2, 0.25) is 0 Å². The maximum absolute atomic E-state index is 6.20. The molecule has 3 nitrogen and oxygen atoms in total. The standard InChI is InChI=1S/C18H23BO3/c1-12-10-13-8-7-9-15(14(13)11-16(12)20-6)19-21-17(2,3)18(4,5)22-19/h7-11H,1-6H3. The van der Waals surface area contributed by atoms with Crippen LogP contribution < -0.4 is 10.2 Å². The fraction of sp³-hybridized carbons (Fsp3) is 0.444. The fourth-order valence-electron chi connectivity index (χ4n) is 2.84. The summed E-state index contributed by atoms with van der Waals surface area (Å²) in [7, 11) is 1.34. The second kappa shape index (κ2) is 5.00. The van der Waals surface area contributed by atoms with E-state index in [1.54, 1.807) is 7.11 Å². The van der Waals surface area contributed by atoms with Gasteiger partial charge in [0.25, 0.3) is 0 Å². The molecule has 0 aliphatic carbocycles. The highest BCUT2D eigenvalue weighted by atomic mass is 16.7. The Kier molecular flexibility index (Phi) is 3.50. The molecule has 1 heterocycles. The molecule has 1 saturated heterocycles. The van der Waals surface area contributed by atoms with Crippen molar-refractivity contribution in [2.75, 3.05) is 7.11 Å². The minimum absolute atomic E-state index is 0.339. The molecule has 2 aromatic rings. The summed E-state index contributed by atoms with van der Waals surface area (Å²) in [4.78, 5) is 0. The number of rotatable bonds is 2. The van der Waals surface area contributed by atoms with Crippen LogP contribution in [0.25, 0.3) is 10.8 Å². The Morgan fingerprint density at radius 2 is 1.64 bits per heavy atom. The molecule has 0 saturated carbocycles. The van der Waals surface area contributed by atoms with Crippen LogP contribution in [-0.4, -0.2) is 25.4 Å². The molecule has 0 bridgehead atoms. The van der Waals surface area contributed by atoms with Crippen molar-refractivity contribution in [3.8, 4) is 5.75 Å². The molecule has 22 heavy (non-hydrogen) atoms. The van der Waals surface area contributed by atoms with E-state index < -0.39 is 0 Å². The Balaban J connectivity index is 2.12. The van der Waals surface area contributed by atoms with Crippen molar-refractivity contribution < 1.29 is 14.0 Å². The number of ether oxygens (including phenoxy) is 1. The molecule has 3 rings (SSSR count). The van der Waals surface area contributed by atoms with Gasteiger partial charge in [-0.15, -0.1) is 0 Å². The van der Waals surface area contributed by atoms with Gasteiger partial charge in [0.1, 0.15) is 5.75 Å². The molecule has 1 aliphatic rings. The van der Waals surface area contributed by atoms with Gasteiger partial charge in [-0.1, -0.05) is 18.2 Å². The fourth-order valence-corrected chi connectivity index (χ4v) is 2.84. The quantitative estimate of drug-likeness (QED) is 0.795. The van der Waals surface area contributed by atoms with Gasteiger partial charge in [-0.2, -0.15) is 0 Å². The first-order chi connectivity index (χ1) is 10.2. The minimum atomic E-state index is -0.360. The molecule has 0 spiro atoms. The van der Waals surface area contributed by atoms with Crippen molar-refractivity contribution >= 4 is 23.4 Å². The summed E-state index contributed by atoms with van der Waals surface area (Å²) in [5.74, 6) is 0.886. The SMILES string of the molecule is COc1cc2c(B3OC(C)(C)C(C)(C)O3)cccc2cc1C. The summed E-state index contributed by atoms with van der Waals surface area (Å²) < 4.78 is 17.9. The van der Waals surface area contributed by atoms with Gasteiger partial charge in [0, 0.05) is 0 Å². The Labute approximate surface area is 132 Å². The van der Waals surface area contributed by atoms with Gasteiger partial charge in [0.15, 0.2) is 0 Å². The van der Waals surface area contributed by atoms with E-state index in [2.05, 4.69) is 65.0 Å². The predicted molar refractivity (Wildman–Crippen MR) is 91.0 cm³/mol. The molecule has 0 atom stereocenters. The zero-order valence-corrected chi connectivity index (χ0v) is 14.2. The average Bonchev–Trinajstić information content (AvgIpc) is 2.65. The van der Waals surface area contributed by atoms with Crippen LogP contribution in [0.5, 0.6) is 5.75 Å². The van der Waals surface area contributed by atoms with Crippen molar-refractivity contribution in [1.82, 2.24) is 0 Å². The first kappa shape index (κ1) is 15.4. The lowest BCUT2D eigenvalue weighted by atomic mass is 9.76. The number of methoxy groups -OCH3 is 1. The van der Waals surface area contributed by atoms with E-state index in [0.717, 1.165) is 22.2 Å². The number of fused-ring (bicyclic) bond motifs is 1. The Morgan fingerprint density at radius 1 is 1.00 bits per heavy atom. The van der Waals surface area contributed by atoms with Gasteiger partial charge in [-0.25, -0.2) is 0 Å². The van der Waals surface area contributed by atoms with Crippen molar-refractivity contribution in [2.24, 2.45) is 0 Å². The van der Waals surface area contributed by atoms with Crippen LogP contribution in [0.1, 0.15) is 33.3 Å². The van der Waals surface area contributed by atoms with Crippen molar-refractivity contribution in [2.45, 2.75) is 45.8 Å². The van der Waals surface area contributed by atoms with E-state index in [4.69, 9.17) is 14.0 Å². The number of aryl methyl sites for hydroxylation is 1. The lowest BCUT2D eigenvalue weighted by Gasteiger charge is -2.32. The third-order valence-corrected chi connectivity index (χ3v) is 4.94. The molecule has 0 radical (unpaired) electrons. The second-order valence-corrected chi connectivity index (χ2v) is 6.98. The Morgan fingerprint density at radius 3 is 2.23 bits per heavy atom. The first-order valence-electron chi connectivity index (χ1n) is 7.68. The normalized spacial score (nSPS) is 19.6. The Bertz CT molecular complexity index is 706. The zero-order chi connectivity index (χ0) is 16.1. The number of hydrogen-bond acceptors (Lipinski definition) is 3. The molecule has 0 amide bonds. The minimum Gasteiger partial charge on any atom is -0.496 e. The lowest BCUT2D eigenvalue weighted by Crippen LogP contribution is -2.41. The van der Waals surface area contributed by atoms with Crippen LogP contribution >= 0.6 is 0 Å². The van der Waals surface area contributed by atoms with E-state index in [1.807, 2.05) is 0 Å². The van der Waals surface area contributed by atoms with Crippen LogP contribution in [-0.2, 0) is 9.31 Å². The van der Waals surface area contributed by atoms with Crippen LogP contribution in [0.2, 0.25) is 0 Å². The van der Waals surface area contributed by atoms with E-state index in [0.29, 0.717) is 0 Å². The molecule has 1 fully saturated rings. The molecular formula is C18H23BO3. The van der Waals surface area contributed by atoms with Crippen LogP contribution in [0.4, 0.5) is 0 Å². The van der Waals surface area contributed by atoms with Gasteiger partial charge < -0.3 is 14.0 Å². The van der Waals surface area contributed by atoms with Crippen LogP contribution in [0.15, 0.2) is 30.3 Å². The highest BCUT2D eigenvalue weighted by molar-refractivity contribution is 6.65. The number of benzene rings is 2. The van der Waals surface area contributed by atoms with E-state index in [-0.39, 0.29) is 18.3 Å². The summed E-state index contributed by atoms with van der Waals surface area (Å²) in [6, 6.07) is 10.4. The molecule has 0 aromatic heterocycles. The molecule has 116 valence electrons. The largest absolute Gasteiger partial charge is 0.496 e. The summed E-state index contributed by atoms with van der Waals surface area (Å²) in [5.41, 5.74) is 1.50. The summed E-state index contributed by atoms with van der Waals surface area (Å²) >= 11 is 0. The first-order valence-corrected chi connectivity index (χ1v) is 7.68. The predicted octanol–water partition coefficient (Wildman–Crippen LogP) is 3.46. The van der Waals surface area contributed by atoms with Crippen molar-refractivity contribution in [1.29, 1.82) is 0 Å². The van der Waals surface area contributed by atoms with E-state index in [9.17, 15) is 0 Å². The third kappa shape index (κ3) is 2.31. The molecule has 4 heteroatoms. The van der Waals surface area contributed by atoms with Crippen molar-refractivity contribution in [3.63, 3.8) is 0 Å². The maximum atomic E-state index is 6.20. The molecule has 1 aliphatic heterocycles. The van der Waals surface area contributed by atoms with Gasteiger partial charge in [-0.3, -0.25) is 0 Å². The molecular weight excluding hydrogens is 275 g/mol. The summed E-state index contributed by atoms with van der Waals surface area (Å²) in [5, 5.41) is 2.29. The van der Waals surface area contributed by atoms with Crippen LogP contribution in [0.3, 0.4) is 0 Å². The average molecular weight is 298 g/mol. The Hall–Kier alpha value is -1.52. The topological polar surface area (TPSA) is 27.7 Å². The molecule has 2 aromatic carbocycles. The van der Waals surface area contributed by atoms with Crippen molar-refractivity contribution in [3.05, 3.63) is 35.9 Å². The monoisotopic (exact) mass is 298 g/mol. The zero-order valence-electron chi connectivity index (χ0n) is 14.2. The third-order valence-electron chi connectivity index (χ3n) is 4.94. The van der Waals surface area contributed by atoms with Gasteiger partial charge >= 0.3 is 7.12 Å². The van der Waals surface area contributed by atoms with Crippen LogP contribution in [0, 0.1) is 6.92 Å². The van der Waals surface area contributed by atoms with Gasteiger partial charge in [-0.05, 0) is 68.6 Å². The summed E-state index contributed by atoms with van der Waals surface area (Å²) in [6.45, 7) is 10.3. The lowest BCUT2D eigenvalue weighted by molar-refractivity contribution is 0.00578. The highest BCUT2D eigenvalue weighted by Crippen LogP contribution is 2.37. The van der Waals surface area contributed by atoms with E-state index >= 15 is 0 Å². The molecule has 0 unspecified atom stereocenters.